The second kappa shape index (κ2) is 9.02. The molecule has 4 rings (SSSR count). The summed E-state index contributed by atoms with van der Waals surface area (Å²) >= 11 is 0. The van der Waals surface area contributed by atoms with Crippen molar-refractivity contribution in [3.05, 3.63) is 0 Å². The largest absolute Gasteiger partial charge is 0.356 e. The summed E-state index contributed by atoms with van der Waals surface area (Å²) in [5, 5.41) is 6.32. The zero-order valence-corrected chi connectivity index (χ0v) is 17.4. The number of carbonyl (C=O) groups is 2. The molecule has 158 valence electrons. The van der Waals surface area contributed by atoms with Crippen LogP contribution in [-0.4, -0.2) is 66.0 Å². The van der Waals surface area contributed by atoms with Crippen molar-refractivity contribution in [2.75, 3.05) is 32.7 Å². The third kappa shape index (κ3) is 4.32. The maximum absolute atomic E-state index is 13.2. The molecule has 4 aliphatic rings. The van der Waals surface area contributed by atoms with Gasteiger partial charge in [-0.2, -0.15) is 0 Å². The molecule has 4 fully saturated rings. The standard InChI is InChI=1S/C22H38N4O2/c27-20-15-18(16-23-20)19-9-3-8-14-26(19)21(28)24-17-22(10-4-1-5-11-22)25-12-6-2-7-13-25/h18-19H,1-17H2,(H,23,27)(H,24,28). The number of rotatable bonds is 4. The fraction of sp³-hybridized carbons (Fsp3) is 0.909. The molecule has 0 aromatic heterocycles. The number of hydrogen-bond acceptors (Lipinski definition) is 3. The van der Waals surface area contributed by atoms with Crippen LogP contribution in [0.4, 0.5) is 4.79 Å². The molecule has 1 saturated carbocycles. The number of urea groups is 1. The van der Waals surface area contributed by atoms with Crippen LogP contribution >= 0.6 is 0 Å². The Morgan fingerprint density at radius 3 is 2.43 bits per heavy atom. The number of hydrogen-bond donors (Lipinski definition) is 2. The molecule has 0 radical (unpaired) electrons. The fourth-order valence-corrected chi connectivity index (χ4v) is 6.12. The van der Waals surface area contributed by atoms with Crippen LogP contribution in [0, 0.1) is 5.92 Å². The van der Waals surface area contributed by atoms with Gasteiger partial charge in [0.05, 0.1) is 0 Å². The Balaban J connectivity index is 1.40. The molecular formula is C22H38N4O2. The summed E-state index contributed by atoms with van der Waals surface area (Å²) in [7, 11) is 0. The average molecular weight is 391 g/mol. The molecule has 3 aliphatic heterocycles. The first-order chi connectivity index (χ1) is 13.7. The van der Waals surface area contributed by atoms with E-state index in [0.29, 0.717) is 6.42 Å². The minimum absolute atomic E-state index is 0.103. The van der Waals surface area contributed by atoms with Crippen molar-refractivity contribution >= 4 is 11.9 Å². The average Bonchev–Trinajstić information content (AvgIpc) is 3.19. The van der Waals surface area contributed by atoms with Gasteiger partial charge in [0, 0.05) is 43.6 Å². The quantitative estimate of drug-likeness (QED) is 0.776. The number of amides is 3. The van der Waals surface area contributed by atoms with Gasteiger partial charge < -0.3 is 15.5 Å². The first-order valence-electron chi connectivity index (χ1n) is 11.7. The molecule has 6 nitrogen and oxygen atoms in total. The Labute approximate surface area is 169 Å². The molecular weight excluding hydrogens is 352 g/mol. The van der Waals surface area contributed by atoms with Crippen LogP contribution in [0.5, 0.6) is 0 Å². The monoisotopic (exact) mass is 390 g/mol. The van der Waals surface area contributed by atoms with Gasteiger partial charge in [-0.25, -0.2) is 4.79 Å². The van der Waals surface area contributed by atoms with Crippen molar-refractivity contribution in [2.45, 2.75) is 88.6 Å². The number of nitrogens with zero attached hydrogens (tertiary/aromatic N) is 2. The normalized spacial score (nSPS) is 31.4. The van der Waals surface area contributed by atoms with Gasteiger partial charge in [-0.3, -0.25) is 9.69 Å². The summed E-state index contributed by atoms with van der Waals surface area (Å²) in [4.78, 5) is 29.6. The lowest BCUT2D eigenvalue weighted by atomic mass is 9.79. The van der Waals surface area contributed by atoms with Gasteiger partial charge in [-0.05, 0) is 58.0 Å². The molecule has 0 spiro atoms. The highest BCUT2D eigenvalue weighted by atomic mass is 16.2. The minimum atomic E-state index is 0.103. The molecule has 2 atom stereocenters. The summed E-state index contributed by atoms with van der Waals surface area (Å²) in [6.45, 7) is 4.73. The molecule has 0 bridgehead atoms. The second-order valence-corrected chi connectivity index (χ2v) is 9.52. The molecule has 28 heavy (non-hydrogen) atoms. The van der Waals surface area contributed by atoms with E-state index in [0.717, 1.165) is 38.9 Å². The van der Waals surface area contributed by atoms with Crippen LogP contribution in [-0.2, 0) is 4.79 Å². The minimum Gasteiger partial charge on any atom is -0.356 e. The summed E-state index contributed by atoms with van der Waals surface area (Å²) < 4.78 is 0. The zero-order valence-electron chi connectivity index (χ0n) is 17.4. The van der Waals surface area contributed by atoms with Crippen molar-refractivity contribution in [1.29, 1.82) is 0 Å². The van der Waals surface area contributed by atoms with E-state index in [2.05, 4.69) is 20.4 Å². The molecule has 6 heteroatoms. The number of carbonyl (C=O) groups excluding carboxylic acids is 2. The van der Waals surface area contributed by atoms with Gasteiger partial charge in [0.15, 0.2) is 0 Å². The lowest BCUT2D eigenvalue weighted by molar-refractivity contribution is -0.119. The summed E-state index contributed by atoms with van der Waals surface area (Å²) in [5.41, 5.74) is 0.171. The van der Waals surface area contributed by atoms with E-state index in [1.807, 2.05) is 0 Å². The Morgan fingerprint density at radius 1 is 1.00 bits per heavy atom. The third-order valence-electron chi connectivity index (χ3n) is 7.74. The van der Waals surface area contributed by atoms with Gasteiger partial charge in [-0.1, -0.05) is 25.7 Å². The van der Waals surface area contributed by atoms with Crippen molar-refractivity contribution in [1.82, 2.24) is 20.4 Å². The third-order valence-corrected chi connectivity index (χ3v) is 7.74. The van der Waals surface area contributed by atoms with Gasteiger partial charge in [0.25, 0.3) is 0 Å². The first kappa shape index (κ1) is 20.0. The van der Waals surface area contributed by atoms with Crippen molar-refractivity contribution < 1.29 is 9.59 Å². The van der Waals surface area contributed by atoms with E-state index < -0.39 is 0 Å². The SMILES string of the molecule is O=C1CC(C2CCCCN2C(=O)NCC2(N3CCCCC3)CCCCC2)CN1. The molecule has 0 aromatic carbocycles. The van der Waals surface area contributed by atoms with E-state index in [4.69, 9.17) is 0 Å². The predicted octanol–water partition coefficient (Wildman–Crippen LogP) is 2.88. The van der Waals surface area contributed by atoms with Gasteiger partial charge >= 0.3 is 6.03 Å². The summed E-state index contributed by atoms with van der Waals surface area (Å²) in [6.07, 6.45) is 14.1. The second-order valence-electron chi connectivity index (χ2n) is 9.52. The van der Waals surface area contributed by atoms with Gasteiger partial charge in [0.2, 0.25) is 5.91 Å². The van der Waals surface area contributed by atoms with E-state index in [-0.39, 0.29) is 29.4 Å². The van der Waals surface area contributed by atoms with Gasteiger partial charge in [-0.15, -0.1) is 0 Å². The Morgan fingerprint density at radius 2 is 1.71 bits per heavy atom. The smallest absolute Gasteiger partial charge is 0.317 e. The van der Waals surface area contributed by atoms with Crippen molar-refractivity contribution in [3.63, 3.8) is 0 Å². The fourth-order valence-electron chi connectivity index (χ4n) is 6.12. The maximum atomic E-state index is 13.2. The lowest BCUT2D eigenvalue weighted by Crippen LogP contribution is -2.60. The Kier molecular flexibility index (Phi) is 6.44. The lowest BCUT2D eigenvalue weighted by Gasteiger charge is -2.49. The molecule has 2 N–H and O–H groups in total. The summed E-state index contributed by atoms with van der Waals surface area (Å²) in [6, 6.07) is 0.316. The maximum Gasteiger partial charge on any atom is 0.317 e. The molecule has 1 aliphatic carbocycles. The van der Waals surface area contributed by atoms with Crippen LogP contribution in [0.1, 0.15) is 77.0 Å². The Bertz CT molecular complexity index is 555. The van der Waals surface area contributed by atoms with E-state index in [9.17, 15) is 9.59 Å². The number of likely N-dealkylation sites (tertiary alicyclic amines) is 2. The van der Waals surface area contributed by atoms with Crippen LogP contribution in [0.2, 0.25) is 0 Å². The first-order valence-corrected chi connectivity index (χ1v) is 11.7. The molecule has 0 aromatic rings. The number of piperidine rings is 2. The van der Waals surface area contributed by atoms with Gasteiger partial charge in [0.1, 0.15) is 0 Å². The van der Waals surface area contributed by atoms with Crippen molar-refractivity contribution in [3.8, 4) is 0 Å². The van der Waals surface area contributed by atoms with Crippen molar-refractivity contribution in [2.24, 2.45) is 5.92 Å². The van der Waals surface area contributed by atoms with Crippen LogP contribution in [0.25, 0.3) is 0 Å². The van der Waals surface area contributed by atoms with E-state index in [1.165, 1.54) is 64.5 Å². The molecule has 3 amide bonds. The molecule has 3 saturated heterocycles. The highest BCUT2D eigenvalue weighted by Crippen LogP contribution is 2.35. The number of nitrogens with one attached hydrogen (secondary N) is 2. The topological polar surface area (TPSA) is 64.7 Å². The molecule has 3 heterocycles. The van der Waals surface area contributed by atoms with Crippen LogP contribution in [0.15, 0.2) is 0 Å². The van der Waals surface area contributed by atoms with Crippen LogP contribution in [0.3, 0.4) is 0 Å². The summed E-state index contributed by atoms with van der Waals surface area (Å²) in [5.74, 6) is 0.423. The molecule has 2 unspecified atom stereocenters. The van der Waals surface area contributed by atoms with Crippen LogP contribution < -0.4 is 10.6 Å². The predicted molar refractivity (Wildman–Crippen MR) is 110 cm³/mol. The van der Waals surface area contributed by atoms with E-state index in [1.54, 1.807) is 0 Å². The highest BCUT2D eigenvalue weighted by Gasteiger charge is 2.40. The zero-order chi connectivity index (χ0) is 19.4. The Hall–Kier alpha value is -1.30. The highest BCUT2D eigenvalue weighted by molar-refractivity contribution is 5.79. The van der Waals surface area contributed by atoms with E-state index >= 15 is 0 Å².